The summed E-state index contributed by atoms with van der Waals surface area (Å²) in [5.74, 6) is 7.06. The minimum absolute atomic E-state index is 0.150. The number of aromatic nitrogens is 1. The largest absolute Gasteiger partial charge is 0.495 e. The molecule has 1 aromatic carbocycles. The van der Waals surface area contributed by atoms with Gasteiger partial charge in [-0.05, 0) is 23.8 Å². The van der Waals surface area contributed by atoms with Gasteiger partial charge in [-0.1, -0.05) is 18.2 Å². The number of benzene rings is 1. The maximum absolute atomic E-state index is 5.68. The predicted octanol–water partition coefficient (Wildman–Crippen LogP) is 1.67. The van der Waals surface area contributed by atoms with Crippen molar-refractivity contribution >= 4 is 0 Å². The Morgan fingerprint density at radius 3 is 2.68 bits per heavy atom. The first-order valence-corrected chi connectivity index (χ1v) is 5.96. The smallest absolute Gasteiger partial charge is 0.137 e. The molecule has 1 aromatic heterocycles. The van der Waals surface area contributed by atoms with E-state index in [1.807, 2.05) is 36.4 Å². The molecule has 5 heteroatoms. The monoisotopic (exact) mass is 259 g/mol. The van der Waals surface area contributed by atoms with Crippen LogP contribution < -0.4 is 20.7 Å². The normalized spacial score (nSPS) is 11.9. The fourth-order valence-electron chi connectivity index (χ4n) is 1.67. The van der Waals surface area contributed by atoms with Crippen LogP contribution in [-0.4, -0.2) is 18.7 Å². The van der Waals surface area contributed by atoms with Crippen LogP contribution in [0.1, 0.15) is 11.6 Å². The predicted molar refractivity (Wildman–Crippen MR) is 72.8 cm³/mol. The zero-order valence-corrected chi connectivity index (χ0v) is 10.7. The van der Waals surface area contributed by atoms with Crippen molar-refractivity contribution in [3.05, 3.63) is 54.4 Å². The number of para-hydroxylation sites is 1. The molecule has 0 bridgehead atoms. The average molecular weight is 259 g/mol. The molecule has 1 atom stereocenters. The summed E-state index contributed by atoms with van der Waals surface area (Å²) in [4.78, 5) is 4.10. The number of nitrogens with zero attached hydrogens (tertiary/aromatic N) is 1. The molecule has 0 spiro atoms. The highest BCUT2D eigenvalue weighted by Crippen LogP contribution is 2.18. The molecule has 2 aromatic rings. The van der Waals surface area contributed by atoms with Crippen LogP contribution in [0.15, 0.2) is 48.8 Å². The summed E-state index contributed by atoms with van der Waals surface area (Å²) in [5, 5.41) is 0. The second kappa shape index (κ2) is 6.72. The van der Waals surface area contributed by atoms with Crippen LogP contribution in [-0.2, 0) is 0 Å². The molecule has 19 heavy (non-hydrogen) atoms. The summed E-state index contributed by atoms with van der Waals surface area (Å²) in [6, 6.07) is 11.3. The van der Waals surface area contributed by atoms with Crippen molar-refractivity contribution in [1.82, 2.24) is 10.4 Å². The highest BCUT2D eigenvalue weighted by molar-refractivity contribution is 5.26. The van der Waals surface area contributed by atoms with Crippen LogP contribution >= 0.6 is 0 Å². The molecule has 0 fully saturated rings. The number of methoxy groups -OCH3 is 1. The van der Waals surface area contributed by atoms with Crippen LogP contribution in [0.2, 0.25) is 0 Å². The molecule has 0 saturated carbocycles. The van der Waals surface area contributed by atoms with E-state index in [4.69, 9.17) is 15.3 Å². The van der Waals surface area contributed by atoms with Crippen molar-refractivity contribution in [2.45, 2.75) is 6.04 Å². The second-order valence-corrected chi connectivity index (χ2v) is 4.00. The van der Waals surface area contributed by atoms with E-state index in [0.29, 0.717) is 12.4 Å². The molecule has 3 N–H and O–H groups in total. The topological polar surface area (TPSA) is 69.4 Å². The van der Waals surface area contributed by atoms with Crippen molar-refractivity contribution in [2.24, 2.45) is 5.84 Å². The molecule has 100 valence electrons. The lowest BCUT2D eigenvalue weighted by molar-refractivity contribution is 0.267. The molecular formula is C14H17N3O2. The van der Waals surface area contributed by atoms with Gasteiger partial charge in [-0.2, -0.15) is 0 Å². The third kappa shape index (κ3) is 3.67. The summed E-state index contributed by atoms with van der Waals surface area (Å²) in [5.41, 5.74) is 3.63. The van der Waals surface area contributed by atoms with Crippen molar-refractivity contribution in [3.63, 3.8) is 0 Å². The molecular weight excluding hydrogens is 242 g/mol. The van der Waals surface area contributed by atoms with Gasteiger partial charge in [0, 0.05) is 6.20 Å². The molecule has 0 amide bonds. The molecule has 1 unspecified atom stereocenters. The Hall–Kier alpha value is -2.11. The Labute approximate surface area is 112 Å². The van der Waals surface area contributed by atoms with Crippen LogP contribution in [0.3, 0.4) is 0 Å². The number of hydrogen-bond acceptors (Lipinski definition) is 5. The van der Waals surface area contributed by atoms with E-state index in [0.717, 1.165) is 11.3 Å². The Morgan fingerprint density at radius 1 is 1.21 bits per heavy atom. The van der Waals surface area contributed by atoms with Gasteiger partial charge in [0.05, 0.1) is 19.3 Å². The Kier molecular flexibility index (Phi) is 4.72. The quantitative estimate of drug-likeness (QED) is 0.610. The minimum Gasteiger partial charge on any atom is -0.495 e. The summed E-state index contributed by atoms with van der Waals surface area (Å²) >= 11 is 0. The van der Waals surface area contributed by atoms with Crippen molar-refractivity contribution < 1.29 is 9.47 Å². The maximum Gasteiger partial charge on any atom is 0.137 e. The molecule has 0 aliphatic carbocycles. The third-order valence-electron chi connectivity index (χ3n) is 2.73. The van der Waals surface area contributed by atoms with Gasteiger partial charge in [0.15, 0.2) is 0 Å². The second-order valence-electron chi connectivity index (χ2n) is 4.00. The highest BCUT2D eigenvalue weighted by Gasteiger charge is 2.12. The van der Waals surface area contributed by atoms with Gasteiger partial charge < -0.3 is 9.47 Å². The Bertz CT molecular complexity index is 505. The van der Waals surface area contributed by atoms with Crippen molar-refractivity contribution in [3.8, 4) is 11.5 Å². The van der Waals surface area contributed by atoms with Crippen LogP contribution in [0.5, 0.6) is 11.5 Å². The van der Waals surface area contributed by atoms with E-state index in [-0.39, 0.29) is 6.04 Å². The standard InChI is InChI=1S/C14H17N3O2/c1-18-13-7-11(8-16-9-13)14(17-15)10-19-12-5-3-2-4-6-12/h2-9,14,17H,10,15H2,1H3. The van der Waals surface area contributed by atoms with Gasteiger partial charge in [-0.15, -0.1) is 0 Å². The summed E-state index contributed by atoms with van der Waals surface area (Å²) in [6.07, 6.45) is 3.39. The average Bonchev–Trinajstić information content (AvgIpc) is 2.49. The van der Waals surface area contributed by atoms with Gasteiger partial charge in [0.2, 0.25) is 0 Å². The summed E-state index contributed by atoms with van der Waals surface area (Å²) in [7, 11) is 1.60. The van der Waals surface area contributed by atoms with Gasteiger partial charge >= 0.3 is 0 Å². The highest BCUT2D eigenvalue weighted by atomic mass is 16.5. The van der Waals surface area contributed by atoms with Crippen LogP contribution in [0.25, 0.3) is 0 Å². The van der Waals surface area contributed by atoms with Crippen LogP contribution in [0, 0.1) is 0 Å². The number of pyridine rings is 1. The lowest BCUT2D eigenvalue weighted by Gasteiger charge is -2.17. The zero-order chi connectivity index (χ0) is 13.5. The fraction of sp³-hybridized carbons (Fsp3) is 0.214. The van der Waals surface area contributed by atoms with E-state index in [2.05, 4.69) is 10.4 Å². The van der Waals surface area contributed by atoms with Gasteiger partial charge in [-0.25, -0.2) is 5.43 Å². The van der Waals surface area contributed by atoms with E-state index < -0.39 is 0 Å². The Balaban J connectivity index is 2.03. The fourth-order valence-corrected chi connectivity index (χ4v) is 1.67. The number of ether oxygens (including phenoxy) is 2. The molecule has 0 aliphatic heterocycles. The minimum atomic E-state index is -0.150. The van der Waals surface area contributed by atoms with Crippen molar-refractivity contribution in [2.75, 3.05) is 13.7 Å². The zero-order valence-electron chi connectivity index (χ0n) is 10.7. The van der Waals surface area contributed by atoms with E-state index in [1.54, 1.807) is 19.5 Å². The maximum atomic E-state index is 5.68. The molecule has 0 aliphatic rings. The number of hydrogen-bond donors (Lipinski definition) is 2. The van der Waals surface area contributed by atoms with E-state index in [9.17, 15) is 0 Å². The molecule has 1 heterocycles. The number of rotatable bonds is 6. The van der Waals surface area contributed by atoms with Crippen LogP contribution in [0.4, 0.5) is 0 Å². The van der Waals surface area contributed by atoms with Gasteiger partial charge in [0.25, 0.3) is 0 Å². The van der Waals surface area contributed by atoms with Gasteiger partial charge in [-0.3, -0.25) is 10.8 Å². The molecule has 0 radical (unpaired) electrons. The summed E-state index contributed by atoms with van der Waals surface area (Å²) < 4.78 is 10.8. The van der Waals surface area contributed by atoms with Crippen molar-refractivity contribution in [1.29, 1.82) is 0 Å². The number of nitrogens with two attached hydrogens (primary N) is 1. The number of hydrazine groups is 1. The molecule has 2 rings (SSSR count). The molecule has 5 nitrogen and oxygen atoms in total. The van der Waals surface area contributed by atoms with E-state index in [1.165, 1.54) is 0 Å². The summed E-state index contributed by atoms with van der Waals surface area (Å²) in [6.45, 7) is 0.412. The molecule has 0 saturated heterocycles. The lowest BCUT2D eigenvalue weighted by Crippen LogP contribution is -2.32. The first-order valence-electron chi connectivity index (χ1n) is 5.96. The SMILES string of the molecule is COc1cncc(C(COc2ccccc2)NN)c1. The first kappa shape index (κ1) is 13.3. The lowest BCUT2D eigenvalue weighted by atomic mass is 10.1. The third-order valence-corrected chi connectivity index (χ3v) is 2.73. The van der Waals surface area contributed by atoms with Gasteiger partial charge in [0.1, 0.15) is 18.1 Å². The Morgan fingerprint density at radius 2 is 2.00 bits per heavy atom. The first-order chi connectivity index (χ1) is 9.33. The number of nitrogens with one attached hydrogen (secondary N) is 1. The van der Waals surface area contributed by atoms with E-state index >= 15 is 0 Å².